The number of imide groups is 2. The first kappa shape index (κ1) is 53.4. The van der Waals surface area contributed by atoms with Gasteiger partial charge in [-0.15, -0.1) is 0 Å². The number of carbonyl (C=O) groups is 5. The molecule has 1 unspecified atom stereocenters. The van der Waals surface area contributed by atoms with Crippen molar-refractivity contribution >= 4 is 41.1 Å². The van der Waals surface area contributed by atoms with Gasteiger partial charge in [-0.1, -0.05) is 23.7 Å². The van der Waals surface area contributed by atoms with Crippen LogP contribution in [0.4, 0.5) is 26.3 Å². The van der Waals surface area contributed by atoms with Crippen molar-refractivity contribution in [2.45, 2.75) is 37.7 Å². The minimum Gasteiger partial charge on any atom is -0.506 e. The Morgan fingerprint density at radius 1 is 0.887 bits per heavy atom. The number of rotatable bonds is 23. The van der Waals surface area contributed by atoms with Gasteiger partial charge in [0.25, 0.3) is 11.8 Å². The van der Waals surface area contributed by atoms with Gasteiger partial charge in [-0.2, -0.15) is 31.4 Å². The molecule has 1 aromatic heterocycles. The quantitative estimate of drug-likeness (QED) is 0.0225. The van der Waals surface area contributed by atoms with Crippen molar-refractivity contribution in [3.05, 3.63) is 93.9 Å². The van der Waals surface area contributed by atoms with E-state index in [1.54, 1.807) is 0 Å². The Morgan fingerprint density at radius 2 is 1.59 bits per heavy atom. The molecule has 0 aliphatic carbocycles. The zero-order chi connectivity index (χ0) is 51.6. The van der Waals surface area contributed by atoms with Crippen molar-refractivity contribution in [1.29, 1.82) is 0 Å². The highest BCUT2D eigenvalue weighted by Crippen LogP contribution is 2.47. The molecule has 4 aromatic rings. The molecular formula is C45H47ClF6N8O11. The van der Waals surface area contributed by atoms with Crippen LogP contribution in [0.25, 0.3) is 22.4 Å². The molecule has 5 amide bonds. The Balaban J connectivity index is 0.855. The van der Waals surface area contributed by atoms with E-state index < -0.39 is 70.0 Å². The van der Waals surface area contributed by atoms with E-state index in [2.05, 4.69) is 15.7 Å². The Hall–Kier alpha value is -6.93. The minimum absolute atomic E-state index is 0.00879. The molecule has 7 N–H and O–H groups in total. The standard InChI is InChI=1S/C45H47ClF6N8O11/c1-58-32(21-35(57-58)45(50,51)52)27-7-10-34(38(40(27)63)25-6-8-30(46)29(20-25)44(47,48)49)70-14-3-12-55-37(62)24-69-19-18-68-17-16-67-15-13-59(54)22-26(53)23-71-33-5-2-4-28-39(33)43(66)60(42(28)65)31-9-11-36(61)56-41(31)64/h2,4-8,10,20-22,31,63H,3,9,11-19,23-24,53-54H2,1H3,(H,55,62)(H,56,61,64)/b26-22-. The molecule has 0 spiro atoms. The number of nitrogens with two attached hydrogens (primary N) is 2. The number of nitrogens with zero attached hydrogens (tertiary/aromatic N) is 4. The molecule has 1 fully saturated rings. The van der Waals surface area contributed by atoms with Gasteiger partial charge in [-0.05, 0) is 60.9 Å². The second-order valence-corrected chi connectivity index (χ2v) is 16.2. The Morgan fingerprint density at radius 3 is 2.28 bits per heavy atom. The highest BCUT2D eigenvalue weighted by Gasteiger charge is 2.46. The van der Waals surface area contributed by atoms with E-state index >= 15 is 0 Å². The molecule has 26 heteroatoms. The Bertz CT molecular complexity index is 2660. The SMILES string of the molecule is Cn1nc(C(F)(F)F)cc1-c1ccc(OCCCNC(=O)COCCOCCOCCN(N)/C=C(\N)COc2cccc3c2C(=O)N(C2CCC(=O)NC2=O)C3=O)c(-c2ccc(Cl)c(C(F)(F)F)c2)c1O. The summed E-state index contributed by atoms with van der Waals surface area (Å²) in [5.74, 6) is 2.21. The van der Waals surface area contributed by atoms with Gasteiger partial charge in [0.2, 0.25) is 17.7 Å². The fourth-order valence-corrected chi connectivity index (χ4v) is 7.55. The molecule has 0 radical (unpaired) electrons. The molecule has 3 aromatic carbocycles. The molecule has 1 atom stereocenters. The number of aromatic nitrogens is 2. The first-order chi connectivity index (χ1) is 33.6. The zero-order valence-corrected chi connectivity index (χ0v) is 38.4. The molecule has 0 bridgehead atoms. The van der Waals surface area contributed by atoms with Gasteiger partial charge in [-0.25, -0.2) is 5.84 Å². The van der Waals surface area contributed by atoms with Crippen molar-refractivity contribution in [3.8, 4) is 39.6 Å². The van der Waals surface area contributed by atoms with Crippen molar-refractivity contribution in [1.82, 2.24) is 30.3 Å². The predicted molar refractivity (Wildman–Crippen MR) is 238 cm³/mol. The van der Waals surface area contributed by atoms with Crippen LogP contribution in [0.2, 0.25) is 5.02 Å². The minimum atomic E-state index is -4.87. The maximum absolute atomic E-state index is 13.8. The van der Waals surface area contributed by atoms with E-state index in [4.69, 9.17) is 46.9 Å². The lowest BCUT2D eigenvalue weighted by molar-refractivity contribution is -0.141. The number of ether oxygens (including phenoxy) is 5. The van der Waals surface area contributed by atoms with Crippen LogP contribution in [-0.2, 0) is 48.0 Å². The normalized spacial score (nSPS) is 15.3. The van der Waals surface area contributed by atoms with Gasteiger partial charge in [0, 0.05) is 31.8 Å². The maximum atomic E-state index is 13.8. The smallest absolute Gasteiger partial charge is 0.435 e. The number of benzene rings is 3. The van der Waals surface area contributed by atoms with Crippen LogP contribution in [0, 0.1) is 0 Å². The largest absolute Gasteiger partial charge is 0.506 e. The molecule has 382 valence electrons. The number of hydrazine groups is 1. The summed E-state index contributed by atoms with van der Waals surface area (Å²) in [7, 11) is 1.21. The second-order valence-electron chi connectivity index (χ2n) is 15.7. The van der Waals surface area contributed by atoms with E-state index in [-0.39, 0.29) is 136 Å². The highest BCUT2D eigenvalue weighted by molar-refractivity contribution is 6.31. The molecule has 1 saturated heterocycles. The maximum Gasteiger partial charge on any atom is 0.435 e. The Labute approximate surface area is 405 Å². The molecule has 19 nitrogen and oxygen atoms in total. The zero-order valence-electron chi connectivity index (χ0n) is 37.7. The molecule has 2 aliphatic heterocycles. The molecule has 2 aliphatic rings. The summed E-state index contributed by atoms with van der Waals surface area (Å²) in [4.78, 5) is 63.4. The summed E-state index contributed by atoms with van der Waals surface area (Å²) < 4.78 is 110. The van der Waals surface area contributed by atoms with Crippen molar-refractivity contribution in [3.63, 3.8) is 0 Å². The fraction of sp³-hybridized carbons (Fsp3) is 0.378. The molecule has 3 heterocycles. The lowest BCUT2D eigenvalue weighted by atomic mass is 9.97. The number of aryl methyl sites for hydroxylation is 1. The lowest BCUT2D eigenvalue weighted by Crippen LogP contribution is -2.54. The number of amides is 5. The van der Waals surface area contributed by atoms with E-state index in [9.17, 15) is 55.4 Å². The lowest BCUT2D eigenvalue weighted by Gasteiger charge is -2.27. The van der Waals surface area contributed by atoms with Gasteiger partial charge < -0.3 is 44.9 Å². The van der Waals surface area contributed by atoms with Crippen LogP contribution in [0.15, 0.2) is 66.5 Å². The summed E-state index contributed by atoms with van der Waals surface area (Å²) >= 11 is 5.81. The highest BCUT2D eigenvalue weighted by atomic mass is 35.5. The number of hydrogen-bond donors (Lipinski definition) is 5. The first-order valence-corrected chi connectivity index (χ1v) is 22.0. The van der Waals surface area contributed by atoms with Crippen molar-refractivity contribution in [2.75, 3.05) is 65.9 Å². The number of fused-ring (bicyclic) bond motifs is 1. The number of hydrogen-bond acceptors (Lipinski definition) is 15. The summed E-state index contributed by atoms with van der Waals surface area (Å²) in [6, 6.07) is 9.39. The topological polar surface area (TPSA) is 252 Å². The third-order valence-corrected chi connectivity index (χ3v) is 11.0. The number of halogens is 7. The van der Waals surface area contributed by atoms with Gasteiger partial charge in [-0.3, -0.25) is 38.9 Å². The first-order valence-electron chi connectivity index (χ1n) is 21.6. The number of piperidine rings is 1. The van der Waals surface area contributed by atoms with E-state index in [1.807, 2.05) is 0 Å². The average molecular weight is 1030 g/mol. The van der Waals surface area contributed by atoms with Crippen molar-refractivity contribution in [2.24, 2.45) is 18.6 Å². The van der Waals surface area contributed by atoms with E-state index in [0.29, 0.717) is 12.1 Å². The van der Waals surface area contributed by atoms with Gasteiger partial charge in [0.05, 0.1) is 84.9 Å². The van der Waals surface area contributed by atoms with Crippen LogP contribution < -0.4 is 31.7 Å². The van der Waals surface area contributed by atoms with Crippen LogP contribution in [0.5, 0.6) is 17.2 Å². The number of phenols is 1. The summed E-state index contributed by atoms with van der Waals surface area (Å²) in [5, 5.41) is 20.2. The van der Waals surface area contributed by atoms with Gasteiger partial charge >= 0.3 is 12.4 Å². The predicted octanol–water partition coefficient (Wildman–Crippen LogP) is 4.54. The molecule has 6 rings (SSSR count). The van der Waals surface area contributed by atoms with E-state index in [1.165, 1.54) is 54.7 Å². The fourth-order valence-electron chi connectivity index (χ4n) is 7.32. The van der Waals surface area contributed by atoms with E-state index in [0.717, 1.165) is 15.6 Å². The number of alkyl halides is 6. The third kappa shape index (κ3) is 13.5. The van der Waals surface area contributed by atoms with Crippen molar-refractivity contribution < 1.29 is 79.1 Å². The van der Waals surface area contributed by atoms with Crippen LogP contribution >= 0.6 is 11.6 Å². The summed E-state index contributed by atoms with van der Waals surface area (Å²) in [6.45, 7) is 0.516. The van der Waals surface area contributed by atoms with Crippen LogP contribution in [-0.4, -0.2) is 126 Å². The molecule has 0 saturated carbocycles. The summed E-state index contributed by atoms with van der Waals surface area (Å²) in [6.07, 6.45) is -8.10. The number of carbonyl (C=O) groups excluding carboxylic acids is 5. The summed E-state index contributed by atoms with van der Waals surface area (Å²) in [5.41, 5.74) is 3.05. The molecule has 71 heavy (non-hydrogen) atoms. The Kier molecular flexibility index (Phi) is 17.5. The molecular weight excluding hydrogens is 978 g/mol. The van der Waals surface area contributed by atoms with Crippen LogP contribution in [0.1, 0.15) is 51.2 Å². The monoisotopic (exact) mass is 1020 g/mol. The van der Waals surface area contributed by atoms with Crippen LogP contribution in [0.3, 0.4) is 0 Å². The van der Waals surface area contributed by atoms with Gasteiger partial charge in [0.15, 0.2) is 5.69 Å². The third-order valence-electron chi connectivity index (χ3n) is 10.7. The van der Waals surface area contributed by atoms with Gasteiger partial charge in [0.1, 0.15) is 36.5 Å². The number of phenolic OH excluding ortho intramolecular Hbond substituents is 1. The number of aromatic hydroxyl groups is 1. The number of nitrogens with one attached hydrogen (secondary N) is 2. The second kappa shape index (κ2) is 23.3. The average Bonchev–Trinajstić information content (AvgIpc) is 3.82.